The number of carbonyl (C=O) groups excluding carboxylic acids is 1. The lowest BCUT2D eigenvalue weighted by Crippen LogP contribution is -2.41. The number of ether oxygens (including phenoxy) is 1. The molecule has 0 saturated carbocycles. The van der Waals surface area contributed by atoms with Crippen LogP contribution >= 0.6 is 0 Å². The molecule has 0 radical (unpaired) electrons. The standard InChI is InChI=1S/C16H24N2O2/c1-12-9-14(6-7-15(12)17-2)16(19)18-8-4-5-13(10-18)11-20-3/h6-7,9,13,17H,4-5,8,10-11H2,1-3H3. The first-order valence-corrected chi connectivity index (χ1v) is 7.22. The molecule has 1 heterocycles. The molecule has 1 aliphatic heterocycles. The summed E-state index contributed by atoms with van der Waals surface area (Å²) in [5.41, 5.74) is 2.95. The molecule has 110 valence electrons. The minimum atomic E-state index is 0.136. The zero-order chi connectivity index (χ0) is 14.5. The van der Waals surface area contributed by atoms with Gasteiger partial charge in [0.1, 0.15) is 0 Å². The van der Waals surface area contributed by atoms with E-state index in [1.54, 1.807) is 7.11 Å². The number of likely N-dealkylation sites (tertiary alicyclic amines) is 1. The maximum absolute atomic E-state index is 12.6. The van der Waals surface area contributed by atoms with Crippen LogP contribution in [0.5, 0.6) is 0 Å². The van der Waals surface area contributed by atoms with E-state index in [0.717, 1.165) is 49.4 Å². The van der Waals surface area contributed by atoms with Crippen LogP contribution in [0.2, 0.25) is 0 Å². The SMILES string of the molecule is CNc1ccc(C(=O)N2CCCC(COC)C2)cc1C. The predicted molar refractivity (Wildman–Crippen MR) is 81.2 cm³/mol. The molecule has 1 unspecified atom stereocenters. The van der Waals surface area contributed by atoms with E-state index in [2.05, 4.69) is 5.32 Å². The summed E-state index contributed by atoms with van der Waals surface area (Å²) in [6.45, 7) is 4.42. The Balaban J connectivity index is 2.08. The molecule has 1 saturated heterocycles. The minimum Gasteiger partial charge on any atom is -0.388 e. The second-order valence-corrected chi connectivity index (χ2v) is 5.49. The van der Waals surface area contributed by atoms with Gasteiger partial charge < -0.3 is 15.0 Å². The van der Waals surface area contributed by atoms with E-state index in [-0.39, 0.29) is 5.91 Å². The molecule has 1 fully saturated rings. The normalized spacial score (nSPS) is 18.9. The molecule has 4 heteroatoms. The summed E-state index contributed by atoms with van der Waals surface area (Å²) in [6.07, 6.45) is 2.21. The van der Waals surface area contributed by atoms with E-state index >= 15 is 0 Å². The van der Waals surface area contributed by atoms with Crippen LogP contribution in [-0.4, -0.2) is 44.7 Å². The Bertz CT molecular complexity index is 472. The Morgan fingerprint density at radius 3 is 2.95 bits per heavy atom. The van der Waals surface area contributed by atoms with Gasteiger partial charge in [-0.15, -0.1) is 0 Å². The highest BCUT2D eigenvalue weighted by molar-refractivity contribution is 5.95. The topological polar surface area (TPSA) is 41.6 Å². The van der Waals surface area contributed by atoms with Crippen molar-refractivity contribution < 1.29 is 9.53 Å². The van der Waals surface area contributed by atoms with Crippen LogP contribution in [0.1, 0.15) is 28.8 Å². The predicted octanol–water partition coefficient (Wildman–Crippen LogP) is 2.54. The summed E-state index contributed by atoms with van der Waals surface area (Å²) >= 11 is 0. The van der Waals surface area contributed by atoms with Gasteiger partial charge in [0, 0.05) is 38.5 Å². The molecule has 0 aliphatic carbocycles. The van der Waals surface area contributed by atoms with Crippen molar-refractivity contribution in [1.29, 1.82) is 0 Å². The monoisotopic (exact) mass is 276 g/mol. The van der Waals surface area contributed by atoms with E-state index in [9.17, 15) is 4.79 Å². The van der Waals surface area contributed by atoms with Crippen LogP contribution in [-0.2, 0) is 4.74 Å². The molecule has 4 nitrogen and oxygen atoms in total. The first-order valence-electron chi connectivity index (χ1n) is 7.22. The molecule has 0 spiro atoms. The lowest BCUT2D eigenvalue weighted by atomic mass is 9.98. The van der Waals surface area contributed by atoms with Crippen LogP contribution in [0.4, 0.5) is 5.69 Å². The fraction of sp³-hybridized carbons (Fsp3) is 0.562. The first kappa shape index (κ1) is 14.9. The van der Waals surface area contributed by atoms with Crippen LogP contribution in [0.15, 0.2) is 18.2 Å². The number of aryl methyl sites for hydroxylation is 1. The van der Waals surface area contributed by atoms with Crippen molar-refractivity contribution in [2.24, 2.45) is 5.92 Å². The molecule has 0 aromatic heterocycles. The maximum atomic E-state index is 12.6. The third-order valence-electron chi connectivity index (χ3n) is 3.95. The van der Waals surface area contributed by atoms with Gasteiger partial charge in [0.05, 0.1) is 6.61 Å². The summed E-state index contributed by atoms with van der Waals surface area (Å²) in [5, 5.41) is 3.12. The van der Waals surface area contributed by atoms with Crippen molar-refractivity contribution in [2.45, 2.75) is 19.8 Å². The minimum absolute atomic E-state index is 0.136. The third-order valence-corrected chi connectivity index (χ3v) is 3.95. The fourth-order valence-corrected chi connectivity index (χ4v) is 2.88. The number of nitrogens with one attached hydrogen (secondary N) is 1. The fourth-order valence-electron chi connectivity index (χ4n) is 2.88. The quantitative estimate of drug-likeness (QED) is 0.919. The number of hydrogen-bond donors (Lipinski definition) is 1. The van der Waals surface area contributed by atoms with Gasteiger partial charge >= 0.3 is 0 Å². The van der Waals surface area contributed by atoms with Gasteiger partial charge in [0.2, 0.25) is 0 Å². The highest BCUT2D eigenvalue weighted by Crippen LogP contribution is 2.21. The number of amides is 1. The summed E-state index contributed by atoms with van der Waals surface area (Å²) in [4.78, 5) is 14.5. The van der Waals surface area contributed by atoms with Crippen molar-refractivity contribution >= 4 is 11.6 Å². The smallest absolute Gasteiger partial charge is 0.253 e. The Labute approximate surface area is 121 Å². The lowest BCUT2D eigenvalue weighted by molar-refractivity contribution is 0.0571. The molecule has 1 aliphatic rings. The van der Waals surface area contributed by atoms with Gasteiger partial charge in [-0.2, -0.15) is 0 Å². The van der Waals surface area contributed by atoms with E-state index in [1.807, 2.05) is 37.1 Å². The highest BCUT2D eigenvalue weighted by atomic mass is 16.5. The number of benzene rings is 1. The summed E-state index contributed by atoms with van der Waals surface area (Å²) in [7, 11) is 3.62. The second kappa shape index (κ2) is 6.75. The number of rotatable bonds is 4. The Morgan fingerprint density at radius 1 is 1.50 bits per heavy atom. The van der Waals surface area contributed by atoms with E-state index < -0.39 is 0 Å². The van der Waals surface area contributed by atoms with Crippen molar-refractivity contribution in [3.05, 3.63) is 29.3 Å². The van der Waals surface area contributed by atoms with Crippen LogP contribution < -0.4 is 5.32 Å². The summed E-state index contributed by atoms with van der Waals surface area (Å²) in [6, 6.07) is 5.84. The molecular formula is C16H24N2O2. The average molecular weight is 276 g/mol. The zero-order valence-electron chi connectivity index (χ0n) is 12.6. The number of piperidine rings is 1. The first-order chi connectivity index (χ1) is 9.65. The average Bonchev–Trinajstić information content (AvgIpc) is 2.47. The molecule has 1 atom stereocenters. The van der Waals surface area contributed by atoms with Crippen molar-refractivity contribution in [1.82, 2.24) is 4.90 Å². The van der Waals surface area contributed by atoms with E-state index in [4.69, 9.17) is 4.74 Å². The van der Waals surface area contributed by atoms with Crippen molar-refractivity contribution in [2.75, 3.05) is 39.2 Å². The van der Waals surface area contributed by atoms with Crippen LogP contribution in [0, 0.1) is 12.8 Å². The summed E-state index contributed by atoms with van der Waals surface area (Å²) in [5.74, 6) is 0.604. The number of carbonyl (C=O) groups is 1. The van der Waals surface area contributed by atoms with E-state index in [0.29, 0.717) is 5.92 Å². The highest BCUT2D eigenvalue weighted by Gasteiger charge is 2.24. The molecule has 2 rings (SSSR count). The summed E-state index contributed by atoms with van der Waals surface area (Å²) < 4.78 is 5.22. The second-order valence-electron chi connectivity index (χ2n) is 5.49. The maximum Gasteiger partial charge on any atom is 0.253 e. The Morgan fingerprint density at radius 2 is 2.30 bits per heavy atom. The largest absolute Gasteiger partial charge is 0.388 e. The molecule has 0 bridgehead atoms. The Hall–Kier alpha value is -1.55. The van der Waals surface area contributed by atoms with Gasteiger partial charge in [-0.25, -0.2) is 0 Å². The van der Waals surface area contributed by atoms with Crippen LogP contribution in [0.25, 0.3) is 0 Å². The van der Waals surface area contributed by atoms with E-state index in [1.165, 1.54) is 0 Å². The van der Waals surface area contributed by atoms with Gasteiger partial charge in [-0.05, 0) is 49.4 Å². The van der Waals surface area contributed by atoms with Crippen LogP contribution in [0.3, 0.4) is 0 Å². The number of nitrogens with zero attached hydrogens (tertiary/aromatic N) is 1. The molecule has 1 aromatic rings. The van der Waals surface area contributed by atoms with Gasteiger partial charge in [0.15, 0.2) is 0 Å². The number of hydrogen-bond acceptors (Lipinski definition) is 3. The van der Waals surface area contributed by atoms with Crippen molar-refractivity contribution in [3.8, 4) is 0 Å². The molecule has 1 aromatic carbocycles. The Kier molecular flexibility index (Phi) is 5.01. The van der Waals surface area contributed by atoms with Gasteiger partial charge in [-0.1, -0.05) is 0 Å². The zero-order valence-corrected chi connectivity index (χ0v) is 12.6. The number of anilines is 1. The molecular weight excluding hydrogens is 252 g/mol. The van der Waals surface area contributed by atoms with Crippen molar-refractivity contribution in [3.63, 3.8) is 0 Å². The number of methoxy groups -OCH3 is 1. The lowest BCUT2D eigenvalue weighted by Gasteiger charge is -2.32. The van der Waals surface area contributed by atoms with Gasteiger partial charge in [-0.3, -0.25) is 4.79 Å². The molecule has 1 N–H and O–H groups in total. The van der Waals surface area contributed by atoms with Gasteiger partial charge in [0.25, 0.3) is 5.91 Å². The third kappa shape index (κ3) is 3.31. The molecule has 20 heavy (non-hydrogen) atoms. The molecule has 1 amide bonds.